The van der Waals surface area contributed by atoms with Crippen molar-refractivity contribution in [2.45, 2.75) is 18.5 Å². The maximum absolute atomic E-state index is 12.7. The highest BCUT2D eigenvalue weighted by atomic mass is 35.5. The Balaban J connectivity index is 1.76. The van der Waals surface area contributed by atoms with Crippen LogP contribution < -0.4 is 10.6 Å². The number of benzene rings is 2. The molecular weight excluding hydrogens is 408 g/mol. The minimum Gasteiger partial charge on any atom is -0.352 e. The van der Waals surface area contributed by atoms with Crippen LogP contribution >= 0.6 is 23.4 Å². The van der Waals surface area contributed by atoms with E-state index in [-0.39, 0.29) is 16.8 Å². The zero-order valence-corrected chi connectivity index (χ0v) is 17.7. The second kappa shape index (κ2) is 9.62. The smallest absolute Gasteiger partial charge is 0.255 e. The summed E-state index contributed by atoms with van der Waals surface area (Å²) in [7, 11) is 0. The molecule has 3 rings (SSSR count). The predicted molar refractivity (Wildman–Crippen MR) is 117 cm³/mol. The van der Waals surface area contributed by atoms with Crippen LogP contribution in [0.5, 0.6) is 0 Å². The Hall–Kier alpha value is -2.77. The van der Waals surface area contributed by atoms with Crippen molar-refractivity contribution in [3.05, 3.63) is 71.0 Å². The van der Waals surface area contributed by atoms with Gasteiger partial charge in [-0.1, -0.05) is 36.4 Å². The lowest BCUT2D eigenvalue weighted by atomic mass is 10.1. The molecule has 0 fully saturated rings. The average molecular weight is 429 g/mol. The molecule has 0 saturated carbocycles. The number of hydrogen-bond donors (Lipinski definition) is 2. The van der Waals surface area contributed by atoms with E-state index in [0.29, 0.717) is 23.4 Å². The molecule has 0 radical (unpaired) electrons. The summed E-state index contributed by atoms with van der Waals surface area (Å²) >= 11 is 7.76. The number of imidazole rings is 1. The van der Waals surface area contributed by atoms with Gasteiger partial charge in [-0.15, -0.1) is 0 Å². The number of hydrogen-bond acceptors (Lipinski definition) is 4. The summed E-state index contributed by atoms with van der Waals surface area (Å²) in [4.78, 5) is 29.1. The molecule has 0 atom stereocenters. The zero-order chi connectivity index (χ0) is 20.8. The predicted octanol–water partition coefficient (Wildman–Crippen LogP) is 4.64. The second-order valence-electron chi connectivity index (χ2n) is 6.24. The Morgan fingerprint density at radius 3 is 2.72 bits per heavy atom. The van der Waals surface area contributed by atoms with E-state index in [1.165, 1.54) is 11.8 Å². The highest BCUT2D eigenvalue weighted by Crippen LogP contribution is 2.23. The maximum Gasteiger partial charge on any atom is 0.255 e. The molecular formula is C21H21ClN4O2S. The number of nitrogens with zero attached hydrogens (tertiary/aromatic N) is 2. The highest BCUT2D eigenvalue weighted by Gasteiger charge is 2.13. The average Bonchev–Trinajstić information content (AvgIpc) is 3.21. The first-order valence-electron chi connectivity index (χ1n) is 9.10. The van der Waals surface area contributed by atoms with Gasteiger partial charge in [0.2, 0.25) is 0 Å². The Morgan fingerprint density at radius 2 is 2.00 bits per heavy atom. The largest absolute Gasteiger partial charge is 0.352 e. The molecule has 0 unspecified atom stereocenters. The van der Waals surface area contributed by atoms with E-state index in [1.54, 1.807) is 36.5 Å². The van der Waals surface area contributed by atoms with Crippen LogP contribution in [0.2, 0.25) is 5.02 Å². The summed E-state index contributed by atoms with van der Waals surface area (Å²) in [5.41, 5.74) is 2.25. The van der Waals surface area contributed by atoms with Gasteiger partial charge in [0.05, 0.1) is 10.6 Å². The molecule has 3 aromatic rings. The lowest BCUT2D eigenvalue weighted by Crippen LogP contribution is -2.24. The van der Waals surface area contributed by atoms with Gasteiger partial charge in [-0.3, -0.25) is 14.2 Å². The van der Waals surface area contributed by atoms with Crippen LogP contribution in [0.4, 0.5) is 5.69 Å². The summed E-state index contributed by atoms with van der Waals surface area (Å²) in [5.74, 6) is -0.496. The molecule has 29 heavy (non-hydrogen) atoms. The third kappa shape index (κ3) is 4.99. The van der Waals surface area contributed by atoms with E-state index in [0.717, 1.165) is 17.3 Å². The molecule has 150 valence electrons. The molecule has 0 spiro atoms. The van der Waals surface area contributed by atoms with Gasteiger partial charge in [0.1, 0.15) is 0 Å². The fraction of sp³-hybridized carbons (Fsp3) is 0.190. The van der Waals surface area contributed by atoms with Crippen LogP contribution in [-0.4, -0.2) is 34.2 Å². The topological polar surface area (TPSA) is 76.0 Å². The SMILES string of the molecule is CCCNC(=O)c1ccc(NC(=O)c2cccc(-n3ccnc3SC)c2)cc1Cl. The van der Waals surface area contributed by atoms with Crippen molar-refractivity contribution in [1.82, 2.24) is 14.9 Å². The maximum atomic E-state index is 12.7. The number of nitrogens with one attached hydrogen (secondary N) is 2. The molecule has 0 bridgehead atoms. The van der Waals surface area contributed by atoms with Gasteiger partial charge in [-0.05, 0) is 49.1 Å². The van der Waals surface area contributed by atoms with Crippen LogP contribution in [0.15, 0.2) is 60.0 Å². The Kier molecular flexibility index (Phi) is 6.95. The number of amides is 2. The molecule has 2 amide bonds. The molecule has 2 aromatic carbocycles. The number of thioether (sulfide) groups is 1. The van der Waals surface area contributed by atoms with Gasteiger partial charge in [0.15, 0.2) is 5.16 Å². The fourth-order valence-corrected chi connectivity index (χ4v) is 3.54. The molecule has 2 N–H and O–H groups in total. The standard InChI is InChI=1S/C21H21ClN4O2S/c1-3-9-23-20(28)17-8-7-15(13-18(17)22)25-19(27)14-5-4-6-16(12-14)26-11-10-24-21(26)29-2/h4-8,10-13H,3,9H2,1-2H3,(H,23,28)(H,25,27). The Morgan fingerprint density at radius 1 is 1.17 bits per heavy atom. The van der Waals surface area contributed by atoms with Crippen LogP contribution in [-0.2, 0) is 0 Å². The van der Waals surface area contributed by atoms with E-state index in [1.807, 2.05) is 36.1 Å². The molecule has 0 aliphatic heterocycles. The van der Waals surface area contributed by atoms with Crippen molar-refractivity contribution in [3.63, 3.8) is 0 Å². The minimum absolute atomic E-state index is 0.229. The van der Waals surface area contributed by atoms with E-state index >= 15 is 0 Å². The van der Waals surface area contributed by atoms with Crippen LogP contribution in [0.1, 0.15) is 34.1 Å². The number of carbonyl (C=O) groups excluding carboxylic acids is 2. The van der Waals surface area contributed by atoms with Crippen LogP contribution in [0.25, 0.3) is 5.69 Å². The number of rotatable bonds is 7. The molecule has 1 heterocycles. The van der Waals surface area contributed by atoms with Crippen molar-refractivity contribution >= 4 is 40.9 Å². The van der Waals surface area contributed by atoms with Crippen LogP contribution in [0.3, 0.4) is 0 Å². The van der Waals surface area contributed by atoms with Gasteiger partial charge >= 0.3 is 0 Å². The summed E-state index contributed by atoms with van der Waals surface area (Å²) in [5, 5.41) is 6.73. The first-order valence-corrected chi connectivity index (χ1v) is 10.7. The Labute approximate surface area is 178 Å². The normalized spacial score (nSPS) is 10.6. The first kappa shape index (κ1) is 21.0. The summed E-state index contributed by atoms with van der Waals surface area (Å²) in [6.45, 7) is 2.56. The van der Waals surface area contributed by atoms with Crippen molar-refractivity contribution in [2.24, 2.45) is 0 Å². The number of carbonyl (C=O) groups is 2. The van der Waals surface area contributed by atoms with Gasteiger partial charge in [0, 0.05) is 35.9 Å². The number of anilines is 1. The number of aromatic nitrogens is 2. The molecule has 0 saturated heterocycles. The van der Waals surface area contributed by atoms with Crippen molar-refractivity contribution in [3.8, 4) is 5.69 Å². The first-order chi connectivity index (χ1) is 14.0. The van der Waals surface area contributed by atoms with E-state index in [9.17, 15) is 9.59 Å². The third-order valence-corrected chi connectivity index (χ3v) is 5.16. The van der Waals surface area contributed by atoms with Crippen LogP contribution in [0, 0.1) is 0 Å². The van der Waals surface area contributed by atoms with Crippen molar-refractivity contribution in [1.29, 1.82) is 0 Å². The number of halogens is 1. The molecule has 8 heteroatoms. The summed E-state index contributed by atoms with van der Waals surface area (Å²) in [6, 6.07) is 12.1. The lowest BCUT2D eigenvalue weighted by molar-refractivity contribution is 0.0953. The van der Waals surface area contributed by atoms with E-state index in [4.69, 9.17) is 11.6 Å². The van der Waals surface area contributed by atoms with Gasteiger partial charge < -0.3 is 10.6 Å². The third-order valence-electron chi connectivity index (χ3n) is 4.18. The lowest BCUT2D eigenvalue weighted by Gasteiger charge is -2.11. The molecule has 0 aliphatic rings. The fourth-order valence-electron chi connectivity index (χ4n) is 2.75. The van der Waals surface area contributed by atoms with Gasteiger partial charge in [0.25, 0.3) is 11.8 Å². The second-order valence-corrected chi connectivity index (χ2v) is 7.42. The summed E-state index contributed by atoms with van der Waals surface area (Å²) < 4.78 is 1.92. The Bertz CT molecular complexity index is 1040. The zero-order valence-electron chi connectivity index (χ0n) is 16.1. The quantitative estimate of drug-likeness (QED) is 0.537. The summed E-state index contributed by atoms with van der Waals surface area (Å²) in [6.07, 6.45) is 6.36. The van der Waals surface area contributed by atoms with E-state index in [2.05, 4.69) is 15.6 Å². The molecule has 1 aromatic heterocycles. The van der Waals surface area contributed by atoms with Crippen molar-refractivity contribution < 1.29 is 9.59 Å². The van der Waals surface area contributed by atoms with Gasteiger partial charge in [-0.25, -0.2) is 4.98 Å². The van der Waals surface area contributed by atoms with E-state index < -0.39 is 0 Å². The molecule has 0 aliphatic carbocycles. The minimum atomic E-state index is -0.267. The highest BCUT2D eigenvalue weighted by molar-refractivity contribution is 7.98. The molecule has 6 nitrogen and oxygen atoms in total. The van der Waals surface area contributed by atoms with Crippen molar-refractivity contribution in [2.75, 3.05) is 18.1 Å². The van der Waals surface area contributed by atoms with Gasteiger partial charge in [-0.2, -0.15) is 0 Å². The monoisotopic (exact) mass is 428 g/mol.